The van der Waals surface area contributed by atoms with Crippen molar-refractivity contribution in [3.63, 3.8) is 0 Å². The summed E-state index contributed by atoms with van der Waals surface area (Å²) in [6.07, 6.45) is 4.30. The quantitative estimate of drug-likeness (QED) is 0.725. The van der Waals surface area contributed by atoms with E-state index in [2.05, 4.69) is 15.1 Å². The molecule has 1 atom stereocenters. The highest BCUT2D eigenvalue weighted by Crippen LogP contribution is 2.22. The van der Waals surface area contributed by atoms with Crippen molar-refractivity contribution in [3.8, 4) is 0 Å². The lowest BCUT2D eigenvalue weighted by Crippen LogP contribution is -2.51. The maximum atomic E-state index is 3.36. The van der Waals surface area contributed by atoms with E-state index in [4.69, 9.17) is 0 Å². The molecule has 3 heteroatoms. The highest BCUT2D eigenvalue weighted by Gasteiger charge is 2.30. The van der Waals surface area contributed by atoms with Crippen molar-refractivity contribution in [2.45, 2.75) is 25.3 Å². The number of hydrogen-bond acceptors (Lipinski definition) is 3. The number of fused-ring (bicyclic) bond motifs is 1. The van der Waals surface area contributed by atoms with Crippen LogP contribution < -0.4 is 5.32 Å². The lowest BCUT2D eigenvalue weighted by Gasteiger charge is -2.38. The van der Waals surface area contributed by atoms with Gasteiger partial charge in [-0.15, -0.1) is 0 Å². The maximum absolute atomic E-state index is 3.36. The van der Waals surface area contributed by atoms with Crippen LogP contribution in [0.25, 0.3) is 0 Å². The van der Waals surface area contributed by atoms with Crippen molar-refractivity contribution in [2.24, 2.45) is 5.92 Å². The first-order chi connectivity index (χ1) is 7.42. The third-order valence-electron chi connectivity index (χ3n) is 4.39. The summed E-state index contributed by atoms with van der Waals surface area (Å²) in [7, 11) is 0. The Hall–Kier alpha value is -0.120. The molecule has 3 saturated heterocycles. The Morgan fingerprint density at radius 2 is 2.07 bits per heavy atom. The average molecular weight is 209 g/mol. The summed E-state index contributed by atoms with van der Waals surface area (Å²) in [6.45, 7) is 9.24. The average Bonchev–Trinajstić information content (AvgIpc) is 2.62. The highest BCUT2D eigenvalue weighted by atomic mass is 15.3. The topological polar surface area (TPSA) is 18.5 Å². The van der Waals surface area contributed by atoms with Crippen LogP contribution in [0.4, 0.5) is 0 Å². The van der Waals surface area contributed by atoms with E-state index in [0.717, 1.165) is 12.0 Å². The molecule has 0 aromatic carbocycles. The van der Waals surface area contributed by atoms with Gasteiger partial charge in [-0.25, -0.2) is 0 Å². The van der Waals surface area contributed by atoms with Gasteiger partial charge in [-0.2, -0.15) is 0 Å². The van der Waals surface area contributed by atoms with Crippen LogP contribution in [0.15, 0.2) is 0 Å². The van der Waals surface area contributed by atoms with Crippen molar-refractivity contribution in [1.29, 1.82) is 0 Å². The maximum Gasteiger partial charge on any atom is 0.0224 e. The summed E-state index contributed by atoms with van der Waals surface area (Å²) in [5.41, 5.74) is 0. The van der Waals surface area contributed by atoms with E-state index >= 15 is 0 Å². The highest BCUT2D eigenvalue weighted by molar-refractivity contribution is 4.87. The molecule has 3 rings (SSSR count). The van der Waals surface area contributed by atoms with Crippen LogP contribution in [0.5, 0.6) is 0 Å². The van der Waals surface area contributed by atoms with Crippen molar-refractivity contribution in [2.75, 3.05) is 45.8 Å². The van der Waals surface area contributed by atoms with Crippen LogP contribution in [-0.2, 0) is 0 Å². The summed E-state index contributed by atoms with van der Waals surface area (Å²) in [4.78, 5) is 5.40. The number of rotatable bonds is 3. The molecule has 3 aliphatic heterocycles. The first-order valence-electron chi connectivity index (χ1n) is 6.59. The van der Waals surface area contributed by atoms with Gasteiger partial charge in [-0.05, 0) is 51.4 Å². The summed E-state index contributed by atoms with van der Waals surface area (Å²) < 4.78 is 0. The van der Waals surface area contributed by atoms with Gasteiger partial charge < -0.3 is 10.2 Å². The molecule has 0 amide bonds. The lowest BCUT2D eigenvalue weighted by atomic mass is 9.99. The molecular weight excluding hydrogens is 186 g/mol. The second kappa shape index (κ2) is 4.40. The Kier molecular flexibility index (Phi) is 2.95. The Morgan fingerprint density at radius 3 is 2.87 bits per heavy atom. The van der Waals surface area contributed by atoms with Crippen LogP contribution in [-0.4, -0.2) is 61.7 Å². The summed E-state index contributed by atoms with van der Waals surface area (Å²) in [5, 5.41) is 3.36. The summed E-state index contributed by atoms with van der Waals surface area (Å²) >= 11 is 0. The molecule has 0 spiro atoms. The number of piperazine rings is 1. The molecule has 0 aromatic rings. The van der Waals surface area contributed by atoms with E-state index in [9.17, 15) is 0 Å². The molecule has 0 bridgehead atoms. The molecule has 0 aromatic heterocycles. The van der Waals surface area contributed by atoms with Crippen molar-refractivity contribution in [1.82, 2.24) is 15.1 Å². The van der Waals surface area contributed by atoms with Gasteiger partial charge in [0.2, 0.25) is 0 Å². The van der Waals surface area contributed by atoms with Crippen molar-refractivity contribution in [3.05, 3.63) is 0 Å². The van der Waals surface area contributed by atoms with Gasteiger partial charge >= 0.3 is 0 Å². The Labute approximate surface area is 92.8 Å². The summed E-state index contributed by atoms with van der Waals surface area (Å²) in [5.74, 6) is 0.978. The van der Waals surface area contributed by atoms with Gasteiger partial charge in [0.05, 0.1) is 0 Å². The Balaban J connectivity index is 1.42. The molecule has 3 fully saturated rings. The van der Waals surface area contributed by atoms with E-state index < -0.39 is 0 Å². The standard InChI is InChI=1S/C12H23N3/c1-2-12-10-14(6-7-15(12)4-1)5-3-11-8-13-9-11/h11-13H,1-10H2. The van der Waals surface area contributed by atoms with Gasteiger partial charge in [0, 0.05) is 25.7 Å². The first kappa shape index (κ1) is 10.1. The zero-order valence-electron chi connectivity index (χ0n) is 9.62. The van der Waals surface area contributed by atoms with Gasteiger partial charge in [-0.3, -0.25) is 4.90 Å². The zero-order valence-corrected chi connectivity index (χ0v) is 9.62. The minimum absolute atomic E-state index is 0.901. The van der Waals surface area contributed by atoms with E-state index in [1.807, 2.05) is 0 Å². The van der Waals surface area contributed by atoms with Crippen LogP contribution in [0.2, 0.25) is 0 Å². The third kappa shape index (κ3) is 2.19. The lowest BCUT2D eigenvalue weighted by molar-refractivity contribution is 0.0967. The largest absolute Gasteiger partial charge is 0.316 e. The third-order valence-corrected chi connectivity index (χ3v) is 4.39. The fourth-order valence-electron chi connectivity index (χ4n) is 3.18. The zero-order chi connectivity index (χ0) is 10.1. The molecule has 3 heterocycles. The molecule has 0 aliphatic carbocycles. The predicted octanol–water partition coefficient (Wildman–Crippen LogP) is 0.376. The monoisotopic (exact) mass is 209 g/mol. The Bertz CT molecular complexity index is 215. The smallest absolute Gasteiger partial charge is 0.0224 e. The summed E-state index contributed by atoms with van der Waals surface area (Å²) in [6, 6.07) is 0.901. The van der Waals surface area contributed by atoms with E-state index in [1.165, 1.54) is 65.1 Å². The normalized spacial score (nSPS) is 34.0. The van der Waals surface area contributed by atoms with Gasteiger partial charge in [-0.1, -0.05) is 0 Å². The van der Waals surface area contributed by atoms with E-state index in [0.29, 0.717) is 0 Å². The van der Waals surface area contributed by atoms with Crippen molar-refractivity contribution < 1.29 is 0 Å². The van der Waals surface area contributed by atoms with Gasteiger partial charge in [0.25, 0.3) is 0 Å². The molecule has 1 unspecified atom stereocenters. The van der Waals surface area contributed by atoms with Crippen LogP contribution >= 0.6 is 0 Å². The fourth-order valence-corrected chi connectivity index (χ4v) is 3.18. The number of nitrogens with zero attached hydrogens (tertiary/aromatic N) is 2. The number of hydrogen-bond donors (Lipinski definition) is 1. The molecule has 3 nitrogen and oxygen atoms in total. The van der Waals surface area contributed by atoms with Gasteiger partial charge in [0.1, 0.15) is 0 Å². The second-order valence-electron chi connectivity index (χ2n) is 5.45. The molecule has 15 heavy (non-hydrogen) atoms. The minimum atomic E-state index is 0.901. The Morgan fingerprint density at radius 1 is 1.13 bits per heavy atom. The molecule has 0 saturated carbocycles. The van der Waals surface area contributed by atoms with Crippen molar-refractivity contribution >= 4 is 0 Å². The van der Waals surface area contributed by atoms with Crippen LogP contribution in [0.3, 0.4) is 0 Å². The van der Waals surface area contributed by atoms with E-state index in [-0.39, 0.29) is 0 Å². The second-order valence-corrected chi connectivity index (χ2v) is 5.45. The van der Waals surface area contributed by atoms with Gasteiger partial charge in [0.15, 0.2) is 0 Å². The van der Waals surface area contributed by atoms with Crippen LogP contribution in [0.1, 0.15) is 19.3 Å². The van der Waals surface area contributed by atoms with Crippen LogP contribution in [0, 0.1) is 5.92 Å². The molecule has 86 valence electrons. The molecule has 1 N–H and O–H groups in total. The SMILES string of the molecule is C1CC2CN(CCC3CNC3)CCN2C1. The molecule has 3 aliphatic rings. The van der Waals surface area contributed by atoms with E-state index in [1.54, 1.807) is 0 Å². The molecular formula is C12H23N3. The molecule has 0 radical (unpaired) electrons. The minimum Gasteiger partial charge on any atom is -0.316 e. The first-order valence-corrected chi connectivity index (χ1v) is 6.59. The number of nitrogens with one attached hydrogen (secondary N) is 1. The predicted molar refractivity (Wildman–Crippen MR) is 62.0 cm³/mol. The fraction of sp³-hybridized carbons (Fsp3) is 1.00.